The fourth-order valence-electron chi connectivity index (χ4n) is 11.3. The maximum atomic E-state index is 14.5. The lowest BCUT2D eigenvalue weighted by molar-refractivity contribution is 0.339. The fraction of sp³-hybridized carbons (Fsp3) is 0.118. The standard InChI is InChI=1S/C29H25N2OP.C22H23N3.C17H14N2O.C17H14N2S/c1-4-12-25(5-2)33(32,26-15-10-7-11-16-26)27-19-17-24(18-20-27)29-21-28(30-22(3)31-29)23-13-8-6-9-14-23;1-16-12-14-19(15-13-16)22-24-20(17-8-4-2-5-9-17)23-21(25-22)18-10-6-3-7-11-18;2*1-13-18-16(14-8-4-2-5-9-14)12-17(19-13)20-15-10-6-3-7-11-15/h4-21H,1-2H2,3H3;2-11,16,19H,12-15H2,1H3;2*2-12H,1H3/b25-12+;;;. The summed E-state index contributed by atoms with van der Waals surface area (Å²) in [5.74, 6) is 7.30. The van der Waals surface area contributed by atoms with Crippen LogP contribution in [-0.4, -0.2) is 44.9 Å². The Kier molecular flexibility index (Phi) is 23.7. The lowest BCUT2D eigenvalue weighted by Crippen LogP contribution is -2.17. The quantitative estimate of drug-likeness (QED) is 0.0516. The maximum Gasteiger partial charge on any atom is 0.223 e. The molecule has 4 heterocycles. The van der Waals surface area contributed by atoms with Gasteiger partial charge in [-0.3, -0.25) is 0 Å². The van der Waals surface area contributed by atoms with Gasteiger partial charge in [-0.2, -0.15) is 4.98 Å². The van der Waals surface area contributed by atoms with E-state index in [2.05, 4.69) is 98.5 Å². The molecule has 0 aliphatic heterocycles. The average molecular weight is 1320 g/mol. The molecule has 9 aromatic carbocycles. The largest absolute Gasteiger partial charge is 0.439 e. The van der Waals surface area contributed by atoms with Gasteiger partial charge in [0, 0.05) is 66.2 Å². The lowest BCUT2D eigenvalue weighted by atomic mass is 9.82. The zero-order chi connectivity index (χ0) is 67.9. The summed E-state index contributed by atoms with van der Waals surface area (Å²) in [6, 6.07) is 93.8. The number of hydrogen-bond donors (Lipinski definition) is 0. The summed E-state index contributed by atoms with van der Waals surface area (Å²) in [6.07, 6.45) is 9.95. The van der Waals surface area contributed by atoms with Crippen molar-refractivity contribution in [2.24, 2.45) is 5.92 Å². The molecule has 1 unspecified atom stereocenters. The first-order chi connectivity index (χ1) is 48.0. The number of rotatable bonds is 16. The van der Waals surface area contributed by atoms with Crippen LogP contribution >= 0.6 is 18.9 Å². The van der Waals surface area contributed by atoms with Crippen molar-refractivity contribution in [1.82, 2.24) is 44.9 Å². The normalized spacial score (nSPS) is 13.9. The number of aryl methyl sites for hydroxylation is 3. The van der Waals surface area contributed by atoms with E-state index in [1.54, 1.807) is 30.0 Å². The minimum atomic E-state index is -3.09. The van der Waals surface area contributed by atoms with Crippen molar-refractivity contribution >= 4 is 29.5 Å². The first-order valence-corrected chi connectivity index (χ1v) is 35.3. The van der Waals surface area contributed by atoms with E-state index in [0.717, 1.165) is 107 Å². The molecule has 0 saturated heterocycles. The molecular weight excluding hydrogens is 1240 g/mol. The molecule has 11 nitrogen and oxygen atoms in total. The van der Waals surface area contributed by atoms with Crippen LogP contribution in [0.2, 0.25) is 0 Å². The summed E-state index contributed by atoms with van der Waals surface area (Å²) in [5.41, 5.74) is 9.78. The first-order valence-electron chi connectivity index (χ1n) is 32.8. The van der Waals surface area contributed by atoms with Crippen molar-refractivity contribution in [3.8, 4) is 79.4 Å². The molecule has 98 heavy (non-hydrogen) atoms. The highest BCUT2D eigenvalue weighted by Crippen LogP contribution is 2.52. The highest BCUT2D eigenvalue weighted by Gasteiger charge is 2.30. The van der Waals surface area contributed by atoms with Crippen LogP contribution in [-0.2, 0) is 4.57 Å². The van der Waals surface area contributed by atoms with Gasteiger partial charge in [0.25, 0.3) is 0 Å². The van der Waals surface area contributed by atoms with Crippen LogP contribution < -0.4 is 15.3 Å². The second-order valence-corrected chi connectivity index (χ2v) is 27.3. The van der Waals surface area contributed by atoms with Crippen LogP contribution in [0.1, 0.15) is 61.8 Å². The van der Waals surface area contributed by atoms with Crippen molar-refractivity contribution in [2.75, 3.05) is 0 Å². The molecule has 1 atom stereocenters. The molecule has 0 amide bonds. The van der Waals surface area contributed by atoms with Gasteiger partial charge >= 0.3 is 0 Å². The number of para-hydroxylation sites is 1. The molecule has 0 bridgehead atoms. The smallest absolute Gasteiger partial charge is 0.223 e. The molecule has 13 heteroatoms. The second-order valence-electron chi connectivity index (χ2n) is 23.4. The molecular formula is C85H76N9O2PS. The van der Waals surface area contributed by atoms with Crippen molar-refractivity contribution in [1.29, 1.82) is 0 Å². The van der Waals surface area contributed by atoms with E-state index in [4.69, 9.17) is 19.7 Å². The molecule has 1 aliphatic rings. The summed E-state index contributed by atoms with van der Waals surface area (Å²) in [4.78, 5) is 42.7. The number of benzene rings is 9. The predicted octanol–water partition coefficient (Wildman–Crippen LogP) is 21.0. The highest BCUT2D eigenvalue weighted by atomic mass is 32.2. The Morgan fingerprint density at radius 3 is 1.28 bits per heavy atom. The van der Waals surface area contributed by atoms with E-state index in [0.29, 0.717) is 28.8 Å². The Balaban J connectivity index is 0.000000135. The average Bonchev–Trinajstić information content (AvgIpc) is 0.817. The number of ether oxygens (including phenoxy) is 1. The van der Waals surface area contributed by atoms with Crippen LogP contribution in [0.3, 0.4) is 0 Å². The Hall–Kier alpha value is -11.2. The third kappa shape index (κ3) is 18.4. The zero-order valence-corrected chi connectivity index (χ0v) is 57.2. The molecule has 13 aromatic rings. The van der Waals surface area contributed by atoms with Gasteiger partial charge in [-0.25, -0.2) is 39.9 Å². The number of allylic oxidation sites excluding steroid dienone is 4. The monoisotopic (exact) mass is 1320 g/mol. The second kappa shape index (κ2) is 34.0. The zero-order valence-electron chi connectivity index (χ0n) is 55.5. The van der Waals surface area contributed by atoms with E-state index in [1.165, 1.54) is 30.6 Å². The molecule has 4 aromatic heterocycles. The molecule has 1 fully saturated rings. The van der Waals surface area contributed by atoms with Gasteiger partial charge in [0.05, 0.1) is 22.8 Å². The van der Waals surface area contributed by atoms with Gasteiger partial charge in [0.15, 0.2) is 18.8 Å². The molecule has 14 rings (SSSR count). The molecule has 0 N–H and O–H groups in total. The number of nitrogens with zero attached hydrogens (tertiary/aromatic N) is 9. The van der Waals surface area contributed by atoms with E-state index < -0.39 is 7.14 Å². The Labute approximate surface area is 579 Å². The van der Waals surface area contributed by atoms with Crippen LogP contribution in [0.4, 0.5) is 0 Å². The number of aromatic nitrogens is 9. The molecule has 0 spiro atoms. The molecule has 1 aliphatic carbocycles. The van der Waals surface area contributed by atoms with E-state index in [9.17, 15) is 4.57 Å². The van der Waals surface area contributed by atoms with Crippen LogP contribution in [0, 0.1) is 26.7 Å². The summed E-state index contributed by atoms with van der Waals surface area (Å²) >= 11 is 1.66. The summed E-state index contributed by atoms with van der Waals surface area (Å²) in [5, 5.41) is 3.12. The van der Waals surface area contributed by atoms with Crippen molar-refractivity contribution in [2.45, 2.75) is 69.2 Å². The van der Waals surface area contributed by atoms with E-state index in [-0.39, 0.29) is 0 Å². The van der Waals surface area contributed by atoms with Gasteiger partial charge < -0.3 is 9.30 Å². The van der Waals surface area contributed by atoms with E-state index in [1.807, 2.05) is 257 Å². The van der Waals surface area contributed by atoms with Gasteiger partial charge in [-0.05, 0) is 75.9 Å². The minimum Gasteiger partial charge on any atom is -0.439 e. The first kappa shape index (κ1) is 68.2. The minimum absolute atomic E-state index is 0.448. The Morgan fingerprint density at radius 2 is 0.806 bits per heavy atom. The van der Waals surface area contributed by atoms with Crippen molar-refractivity contribution in [3.05, 3.63) is 345 Å². The van der Waals surface area contributed by atoms with Crippen LogP contribution in [0.5, 0.6) is 11.6 Å². The third-order valence-corrected chi connectivity index (χ3v) is 20.2. The van der Waals surface area contributed by atoms with Gasteiger partial charge in [-0.15, -0.1) is 0 Å². The van der Waals surface area contributed by atoms with Crippen LogP contribution in [0.25, 0.3) is 67.8 Å². The molecule has 484 valence electrons. The summed E-state index contributed by atoms with van der Waals surface area (Å²) < 4.78 is 20.2. The van der Waals surface area contributed by atoms with Crippen molar-refractivity contribution in [3.63, 3.8) is 0 Å². The Bertz CT molecular complexity index is 4600. The maximum absolute atomic E-state index is 14.5. The topological polar surface area (TPSA) is 142 Å². The highest BCUT2D eigenvalue weighted by molar-refractivity contribution is 7.99. The fourth-order valence-corrected chi connectivity index (χ4v) is 14.8. The summed E-state index contributed by atoms with van der Waals surface area (Å²) in [7, 11) is -3.09. The Morgan fingerprint density at radius 1 is 0.418 bits per heavy atom. The predicted molar refractivity (Wildman–Crippen MR) is 402 cm³/mol. The lowest BCUT2D eigenvalue weighted by Gasteiger charge is -2.25. The molecule has 1 saturated carbocycles. The van der Waals surface area contributed by atoms with Gasteiger partial charge in [-0.1, -0.05) is 306 Å². The van der Waals surface area contributed by atoms with E-state index >= 15 is 0 Å². The third-order valence-electron chi connectivity index (χ3n) is 16.2. The number of hydrogen-bond acceptors (Lipinski definition) is 12. The summed E-state index contributed by atoms with van der Waals surface area (Å²) in [6.45, 7) is 15.7. The van der Waals surface area contributed by atoms with Gasteiger partial charge in [0.2, 0.25) is 5.88 Å². The van der Waals surface area contributed by atoms with Gasteiger partial charge in [0.1, 0.15) is 34.1 Å². The molecule has 0 radical (unpaired) electrons. The SMILES string of the molecule is C=C/C=C(\C=C)P(=O)(c1ccccc1)c1ccc(-c2cc(-c3ccccc3)nc(C)n2)cc1.CC1CCC(c2nc(-c3ccccc3)nc(-c3ccccc3)n2)CC1.Cc1nc(Oc2ccccc2)cc(-c2ccccc2)n1.Cc1nc(Sc2ccccc2)cc(-c2ccccc2)n1. The van der Waals surface area contributed by atoms with Crippen LogP contribution in [0.15, 0.2) is 332 Å². The van der Waals surface area contributed by atoms with Crippen molar-refractivity contribution < 1.29 is 9.30 Å².